The van der Waals surface area contributed by atoms with E-state index in [1.54, 1.807) is 17.4 Å². The minimum atomic E-state index is 0.0454. The molecule has 0 saturated heterocycles. The SMILES string of the molecule is O=C(/C=C/c1cccs1)c1ccccc1. The number of hydrogen-bond acceptors (Lipinski definition) is 2. The first-order valence-corrected chi connectivity index (χ1v) is 5.55. The van der Waals surface area contributed by atoms with Crippen molar-refractivity contribution < 1.29 is 4.79 Å². The average molecular weight is 214 g/mol. The molecule has 0 aliphatic heterocycles. The van der Waals surface area contributed by atoms with E-state index in [-0.39, 0.29) is 5.78 Å². The molecule has 0 unspecified atom stereocenters. The Hall–Kier alpha value is -1.67. The second-order valence-corrected chi connectivity index (χ2v) is 4.06. The zero-order chi connectivity index (χ0) is 10.5. The van der Waals surface area contributed by atoms with Crippen LogP contribution < -0.4 is 0 Å². The number of rotatable bonds is 3. The first-order chi connectivity index (χ1) is 7.36. The van der Waals surface area contributed by atoms with Gasteiger partial charge in [0.15, 0.2) is 5.78 Å². The van der Waals surface area contributed by atoms with Gasteiger partial charge in [0.1, 0.15) is 0 Å². The summed E-state index contributed by atoms with van der Waals surface area (Å²) in [5.74, 6) is 0.0454. The van der Waals surface area contributed by atoms with Crippen LogP contribution in [-0.2, 0) is 0 Å². The largest absolute Gasteiger partial charge is 0.289 e. The van der Waals surface area contributed by atoms with Gasteiger partial charge in [0.25, 0.3) is 0 Å². The fourth-order valence-corrected chi connectivity index (χ4v) is 1.86. The normalized spacial score (nSPS) is 10.7. The minimum absolute atomic E-state index is 0.0454. The van der Waals surface area contributed by atoms with Crippen molar-refractivity contribution in [3.8, 4) is 0 Å². The highest BCUT2D eigenvalue weighted by Gasteiger charge is 1.98. The summed E-state index contributed by atoms with van der Waals surface area (Å²) in [6.07, 6.45) is 3.46. The number of carbonyl (C=O) groups excluding carboxylic acids is 1. The summed E-state index contributed by atoms with van der Waals surface area (Å²) >= 11 is 1.62. The van der Waals surface area contributed by atoms with Crippen LogP contribution in [0.2, 0.25) is 0 Å². The molecule has 0 saturated carbocycles. The number of carbonyl (C=O) groups is 1. The van der Waals surface area contributed by atoms with Gasteiger partial charge >= 0.3 is 0 Å². The van der Waals surface area contributed by atoms with E-state index in [1.807, 2.05) is 53.9 Å². The summed E-state index contributed by atoms with van der Waals surface area (Å²) in [5.41, 5.74) is 0.727. The van der Waals surface area contributed by atoms with Gasteiger partial charge in [-0.15, -0.1) is 11.3 Å². The van der Waals surface area contributed by atoms with Crippen LogP contribution in [0.25, 0.3) is 6.08 Å². The molecule has 0 aliphatic rings. The molecular weight excluding hydrogens is 204 g/mol. The van der Waals surface area contributed by atoms with E-state index in [4.69, 9.17) is 0 Å². The summed E-state index contributed by atoms with van der Waals surface area (Å²) in [5, 5.41) is 1.99. The fourth-order valence-electron chi connectivity index (χ4n) is 1.24. The third-order valence-electron chi connectivity index (χ3n) is 2.00. The van der Waals surface area contributed by atoms with E-state index < -0.39 is 0 Å². The molecular formula is C13H10OS. The molecule has 0 aliphatic carbocycles. The van der Waals surface area contributed by atoms with Crippen molar-refractivity contribution in [2.24, 2.45) is 0 Å². The lowest BCUT2D eigenvalue weighted by molar-refractivity contribution is 0.104. The molecule has 0 spiro atoms. The van der Waals surface area contributed by atoms with E-state index in [1.165, 1.54) is 0 Å². The first-order valence-electron chi connectivity index (χ1n) is 4.67. The van der Waals surface area contributed by atoms with Gasteiger partial charge in [-0.1, -0.05) is 36.4 Å². The van der Waals surface area contributed by atoms with Crippen molar-refractivity contribution >= 4 is 23.2 Å². The number of benzene rings is 1. The van der Waals surface area contributed by atoms with E-state index in [0.717, 1.165) is 10.4 Å². The van der Waals surface area contributed by atoms with Crippen molar-refractivity contribution in [1.29, 1.82) is 0 Å². The highest BCUT2D eigenvalue weighted by atomic mass is 32.1. The predicted octanol–water partition coefficient (Wildman–Crippen LogP) is 3.64. The zero-order valence-corrected chi connectivity index (χ0v) is 8.91. The van der Waals surface area contributed by atoms with Crippen LogP contribution in [0.1, 0.15) is 15.2 Å². The molecule has 0 bridgehead atoms. The first kappa shape index (κ1) is 9.87. The molecule has 1 nitrogen and oxygen atoms in total. The number of ketones is 1. The van der Waals surface area contributed by atoms with Gasteiger partial charge in [-0.2, -0.15) is 0 Å². The summed E-state index contributed by atoms with van der Waals surface area (Å²) in [4.78, 5) is 12.8. The fraction of sp³-hybridized carbons (Fsp3) is 0. The third-order valence-corrected chi connectivity index (χ3v) is 2.84. The van der Waals surface area contributed by atoms with Gasteiger partial charge < -0.3 is 0 Å². The van der Waals surface area contributed by atoms with Gasteiger partial charge in [0.2, 0.25) is 0 Å². The molecule has 74 valence electrons. The highest BCUT2D eigenvalue weighted by Crippen LogP contribution is 2.11. The van der Waals surface area contributed by atoms with Crippen molar-refractivity contribution in [3.05, 3.63) is 64.4 Å². The standard InChI is InChI=1S/C13H10OS/c14-13(11-5-2-1-3-6-11)9-8-12-7-4-10-15-12/h1-10H/b9-8+. The average Bonchev–Trinajstić information content (AvgIpc) is 2.80. The van der Waals surface area contributed by atoms with Crippen molar-refractivity contribution in [1.82, 2.24) is 0 Å². The van der Waals surface area contributed by atoms with Gasteiger partial charge in [-0.05, 0) is 23.6 Å². The molecule has 0 radical (unpaired) electrons. The zero-order valence-electron chi connectivity index (χ0n) is 8.09. The number of hydrogen-bond donors (Lipinski definition) is 0. The van der Waals surface area contributed by atoms with E-state index >= 15 is 0 Å². The Morgan fingerprint density at radius 3 is 2.53 bits per heavy atom. The molecule has 0 atom stereocenters. The lowest BCUT2D eigenvalue weighted by atomic mass is 10.1. The van der Waals surface area contributed by atoms with E-state index in [2.05, 4.69) is 0 Å². The minimum Gasteiger partial charge on any atom is -0.289 e. The Morgan fingerprint density at radius 2 is 1.87 bits per heavy atom. The third kappa shape index (κ3) is 2.64. The summed E-state index contributed by atoms with van der Waals surface area (Å²) < 4.78 is 0. The smallest absolute Gasteiger partial charge is 0.185 e. The van der Waals surface area contributed by atoms with Crippen LogP contribution in [0.3, 0.4) is 0 Å². The molecule has 1 aromatic heterocycles. The monoisotopic (exact) mass is 214 g/mol. The van der Waals surface area contributed by atoms with Gasteiger partial charge in [0, 0.05) is 10.4 Å². The number of allylic oxidation sites excluding steroid dienone is 1. The molecule has 1 heterocycles. The van der Waals surface area contributed by atoms with Crippen LogP contribution in [0.5, 0.6) is 0 Å². The molecule has 2 rings (SSSR count). The lowest BCUT2D eigenvalue weighted by Crippen LogP contribution is -1.92. The second-order valence-electron chi connectivity index (χ2n) is 3.08. The van der Waals surface area contributed by atoms with Crippen molar-refractivity contribution in [3.63, 3.8) is 0 Å². The van der Waals surface area contributed by atoms with Crippen LogP contribution in [0.4, 0.5) is 0 Å². The maximum atomic E-state index is 11.7. The Bertz CT molecular complexity index is 455. The van der Waals surface area contributed by atoms with E-state index in [9.17, 15) is 4.79 Å². The Labute approximate surface area is 92.7 Å². The van der Waals surface area contributed by atoms with Crippen LogP contribution in [-0.4, -0.2) is 5.78 Å². The predicted molar refractivity (Wildman–Crippen MR) is 64.1 cm³/mol. The summed E-state index contributed by atoms with van der Waals surface area (Å²) in [6, 6.07) is 13.2. The maximum Gasteiger partial charge on any atom is 0.185 e. The van der Waals surface area contributed by atoms with Gasteiger partial charge in [-0.3, -0.25) is 4.79 Å². The molecule has 2 heteroatoms. The molecule has 0 fully saturated rings. The molecule has 15 heavy (non-hydrogen) atoms. The lowest BCUT2D eigenvalue weighted by Gasteiger charge is -1.92. The van der Waals surface area contributed by atoms with Crippen molar-refractivity contribution in [2.45, 2.75) is 0 Å². The Kier molecular flexibility index (Phi) is 3.10. The van der Waals surface area contributed by atoms with Crippen LogP contribution in [0.15, 0.2) is 53.9 Å². The van der Waals surface area contributed by atoms with Gasteiger partial charge in [-0.25, -0.2) is 0 Å². The summed E-state index contributed by atoms with van der Waals surface area (Å²) in [7, 11) is 0. The molecule has 1 aromatic carbocycles. The highest BCUT2D eigenvalue weighted by molar-refractivity contribution is 7.10. The van der Waals surface area contributed by atoms with E-state index in [0.29, 0.717) is 0 Å². The van der Waals surface area contributed by atoms with Gasteiger partial charge in [0.05, 0.1) is 0 Å². The molecule has 2 aromatic rings. The second kappa shape index (κ2) is 4.71. The molecule has 0 N–H and O–H groups in total. The van der Waals surface area contributed by atoms with Crippen molar-refractivity contribution in [2.75, 3.05) is 0 Å². The Balaban J connectivity index is 2.11. The Morgan fingerprint density at radius 1 is 1.07 bits per heavy atom. The van der Waals surface area contributed by atoms with Crippen LogP contribution >= 0.6 is 11.3 Å². The maximum absolute atomic E-state index is 11.7. The molecule has 0 amide bonds. The quantitative estimate of drug-likeness (QED) is 0.563. The number of thiophene rings is 1. The summed E-state index contributed by atoms with van der Waals surface area (Å²) in [6.45, 7) is 0. The topological polar surface area (TPSA) is 17.1 Å². The van der Waals surface area contributed by atoms with Crippen LogP contribution in [0, 0.1) is 0 Å².